The number of halogens is 2. The van der Waals surface area contributed by atoms with Gasteiger partial charge in [0.05, 0.1) is 11.1 Å². The van der Waals surface area contributed by atoms with Crippen molar-refractivity contribution in [3.05, 3.63) is 64.4 Å². The molecule has 0 radical (unpaired) electrons. The summed E-state index contributed by atoms with van der Waals surface area (Å²) in [5.41, 5.74) is 9.05. The van der Waals surface area contributed by atoms with E-state index in [1.807, 2.05) is 18.2 Å². The second-order valence-electron chi connectivity index (χ2n) is 5.05. The summed E-state index contributed by atoms with van der Waals surface area (Å²) in [4.78, 5) is 2.18. The fraction of sp³-hybridized carbons (Fsp3) is 0.294. The molecule has 0 saturated carbocycles. The zero-order chi connectivity index (χ0) is 15.4. The lowest BCUT2D eigenvalue weighted by molar-refractivity contribution is 0.607. The van der Waals surface area contributed by atoms with E-state index in [2.05, 4.69) is 30.9 Å². The molecule has 0 fully saturated rings. The van der Waals surface area contributed by atoms with Gasteiger partial charge >= 0.3 is 0 Å². The number of nitrogens with two attached hydrogens (primary N) is 1. The predicted octanol–water partition coefficient (Wildman–Crippen LogP) is 4.31. The molecule has 2 rings (SSSR count). The van der Waals surface area contributed by atoms with Crippen molar-refractivity contribution in [1.82, 2.24) is 0 Å². The van der Waals surface area contributed by atoms with Gasteiger partial charge < -0.3 is 10.6 Å². The Labute approximate surface area is 130 Å². The molecule has 0 spiro atoms. The molecule has 4 heteroatoms. The van der Waals surface area contributed by atoms with Crippen LogP contribution in [-0.4, -0.2) is 13.1 Å². The molecule has 1 unspecified atom stereocenters. The normalized spacial score (nSPS) is 12.2. The van der Waals surface area contributed by atoms with Crippen LogP contribution in [0.5, 0.6) is 0 Å². The average molecular weight is 307 g/mol. The van der Waals surface area contributed by atoms with Crippen molar-refractivity contribution in [2.45, 2.75) is 19.9 Å². The van der Waals surface area contributed by atoms with E-state index >= 15 is 0 Å². The van der Waals surface area contributed by atoms with E-state index in [0.717, 1.165) is 17.8 Å². The first-order valence-corrected chi connectivity index (χ1v) is 7.43. The minimum atomic E-state index is -0.409. The Balaban J connectivity index is 2.39. The van der Waals surface area contributed by atoms with E-state index in [4.69, 9.17) is 17.3 Å². The van der Waals surface area contributed by atoms with Crippen molar-refractivity contribution >= 4 is 17.3 Å². The van der Waals surface area contributed by atoms with Gasteiger partial charge in [-0.25, -0.2) is 4.39 Å². The Hall–Kier alpha value is -1.58. The van der Waals surface area contributed by atoms with E-state index in [0.29, 0.717) is 6.54 Å². The van der Waals surface area contributed by atoms with Crippen LogP contribution < -0.4 is 10.6 Å². The van der Waals surface area contributed by atoms with E-state index < -0.39 is 5.82 Å². The molecule has 0 aliphatic heterocycles. The highest BCUT2D eigenvalue weighted by Crippen LogP contribution is 2.28. The van der Waals surface area contributed by atoms with Gasteiger partial charge in [-0.05, 0) is 49.2 Å². The minimum absolute atomic E-state index is 0.0800. The quantitative estimate of drug-likeness (QED) is 0.891. The Bertz CT molecular complexity index is 615. The van der Waals surface area contributed by atoms with Crippen molar-refractivity contribution in [1.29, 1.82) is 0 Å². The topological polar surface area (TPSA) is 29.3 Å². The molecular weight excluding hydrogens is 287 g/mol. The summed E-state index contributed by atoms with van der Waals surface area (Å²) in [6.45, 7) is 5.31. The van der Waals surface area contributed by atoms with Crippen LogP contribution >= 0.6 is 11.6 Å². The largest absolute Gasteiger partial charge is 0.363 e. The summed E-state index contributed by atoms with van der Waals surface area (Å²) in [5.74, 6) is -0.409. The maximum atomic E-state index is 13.7. The Kier molecular flexibility index (Phi) is 5.21. The fourth-order valence-corrected chi connectivity index (χ4v) is 2.67. The molecule has 1 atom stereocenters. The monoisotopic (exact) mass is 306 g/mol. The van der Waals surface area contributed by atoms with Crippen molar-refractivity contribution < 1.29 is 4.39 Å². The summed E-state index contributed by atoms with van der Waals surface area (Å²) >= 11 is 5.76. The van der Waals surface area contributed by atoms with Gasteiger partial charge in [-0.1, -0.05) is 29.8 Å². The molecule has 0 aliphatic carbocycles. The van der Waals surface area contributed by atoms with Crippen molar-refractivity contribution in [2.24, 2.45) is 5.73 Å². The second kappa shape index (κ2) is 6.92. The maximum Gasteiger partial charge on any atom is 0.142 e. The molecule has 2 N–H and O–H groups in total. The zero-order valence-corrected chi connectivity index (χ0v) is 13.1. The molecular formula is C17H20ClFN2. The summed E-state index contributed by atoms with van der Waals surface area (Å²) in [6.07, 6.45) is 0. The molecule has 112 valence electrons. The van der Waals surface area contributed by atoms with Crippen LogP contribution in [-0.2, 0) is 0 Å². The third-order valence-corrected chi connectivity index (χ3v) is 3.91. The molecule has 0 bridgehead atoms. The van der Waals surface area contributed by atoms with Crippen molar-refractivity contribution in [2.75, 3.05) is 18.0 Å². The zero-order valence-electron chi connectivity index (χ0n) is 12.3. The molecule has 2 aromatic carbocycles. The van der Waals surface area contributed by atoms with E-state index in [-0.39, 0.29) is 11.1 Å². The van der Waals surface area contributed by atoms with Crippen LogP contribution in [0.15, 0.2) is 42.5 Å². The summed E-state index contributed by atoms with van der Waals surface area (Å²) in [7, 11) is 0. The lowest BCUT2D eigenvalue weighted by Gasteiger charge is -2.32. The van der Waals surface area contributed by atoms with Crippen molar-refractivity contribution in [3.63, 3.8) is 0 Å². The number of aryl methyl sites for hydroxylation is 1. The van der Waals surface area contributed by atoms with Crippen LogP contribution in [0.3, 0.4) is 0 Å². The first-order valence-electron chi connectivity index (χ1n) is 7.05. The first kappa shape index (κ1) is 15.8. The fourth-order valence-electron chi connectivity index (χ4n) is 2.55. The molecule has 0 heterocycles. The summed E-state index contributed by atoms with van der Waals surface area (Å²) in [6, 6.07) is 13.0. The number of anilines is 1. The highest BCUT2D eigenvalue weighted by molar-refractivity contribution is 6.30. The highest BCUT2D eigenvalue weighted by Gasteiger charge is 2.19. The van der Waals surface area contributed by atoms with Gasteiger partial charge in [-0.15, -0.1) is 0 Å². The van der Waals surface area contributed by atoms with Gasteiger partial charge in [-0.2, -0.15) is 0 Å². The number of benzene rings is 2. The van der Waals surface area contributed by atoms with Crippen LogP contribution in [0.2, 0.25) is 5.02 Å². The smallest absolute Gasteiger partial charge is 0.142 e. The number of likely N-dealkylation sites (N-methyl/N-ethyl adjacent to an activating group) is 1. The van der Waals surface area contributed by atoms with Crippen LogP contribution in [0.4, 0.5) is 10.1 Å². The van der Waals surface area contributed by atoms with Gasteiger partial charge in [0.2, 0.25) is 0 Å². The second-order valence-corrected chi connectivity index (χ2v) is 5.46. The number of hydrogen-bond donors (Lipinski definition) is 1. The van der Waals surface area contributed by atoms with Gasteiger partial charge in [0, 0.05) is 18.8 Å². The highest BCUT2D eigenvalue weighted by atomic mass is 35.5. The van der Waals surface area contributed by atoms with E-state index in [1.54, 1.807) is 6.07 Å². The Morgan fingerprint density at radius 3 is 2.57 bits per heavy atom. The molecule has 0 aromatic heterocycles. The third kappa shape index (κ3) is 3.55. The molecule has 2 nitrogen and oxygen atoms in total. The standard InChI is InChI=1S/C17H20ClFN2/c1-3-21(14-6-4-5-12(2)9-14)17(11-20)13-7-8-15(18)16(19)10-13/h4-10,17H,3,11,20H2,1-2H3. The lowest BCUT2D eigenvalue weighted by atomic mass is 10.0. The van der Waals surface area contributed by atoms with Gasteiger partial charge in [0.25, 0.3) is 0 Å². The molecule has 0 amide bonds. The van der Waals surface area contributed by atoms with Crippen LogP contribution in [0, 0.1) is 12.7 Å². The molecule has 21 heavy (non-hydrogen) atoms. The number of hydrogen-bond acceptors (Lipinski definition) is 2. The lowest BCUT2D eigenvalue weighted by Crippen LogP contribution is -2.33. The maximum absolute atomic E-state index is 13.7. The number of nitrogens with zero attached hydrogens (tertiary/aromatic N) is 1. The first-order chi connectivity index (χ1) is 10.1. The number of rotatable bonds is 5. The van der Waals surface area contributed by atoms with E-state index in [1.165, 1.54) is 11.6 Å². The van der Waals surface area contributed by atoms with Gasteiger partial charge in [0.1, 0.15) is 5.82 Å². The van der Waals surface area contributed by atoms with Gasteiger partial charge in [-0.3, -0.25) is 0 Å². The molecule has 0 saturated heterocycles. The predicted molar refractivity (Wildman–Crippen MR) is 87.4 cm³/mol. The van der Waals surface area contributed by atoms with Crippen LogP contribution in [0.25, 0.3) is 0 Å². The third-order valence-electron chi connectivity index (χ3n) is 3.60. The van der Waals surface area contributed by atoms with Crippen molar-refractivity contribution in [3.8, 4) is 0 Å². The minimum Gasteiger partial charge on any atom is -0.363 e. The SMILES string of the molecule is CCN(c1cccc(C)c1)C(CN)c1ccc(Cl)c(F)c1. The van der Waals surface area contributed by atoms with Crippen LogP contribution in [0.1, 0.15) is 24.1 Å². The van der Waals surface area contributed by atoms with Gasteiger partial charge in [0.15, 0.2) is 0 Å². The average Bonchev–Trinajstić information content (AvgIpc) is 2.47. The molecule has 2 aromatic rings. The molecule has 0 aliphatic rings. The van der Waals surface area contributed by atoms with E-state index in [9.17, 15) is 4.39 Å². The Morgan fingerprint density at radius 1 is 1.24 bits per heavy atom. The Morgan fingerprint density at radius 2 is 2.00 bits per heavy atom. The summed E-state index contributed by atoms with van der Waals surface area (Å²) < 4.78 is 13.7. The summed E-state index contributed by atoms with van der Waals surface area (Å²) in [5, 5.41) is 0.133.